The average Bonchev–Trinajstić information content (AvgIpc) is 2.57. The van der Waals surface area contributed by atoms with Gasteiger partial charge in [-0.3, -0.25) is 19.7 Å². The van der Waals surface area contributed by atoms with Crippen molar-refractivity contribution in [3.63, 3.8) is 0 Å². The molecule has 0 fully saturated rings. The lowest BCUT2D eigenvalue weighted by Crippen LogP contribution is -2.32. The van der Waals surface area contributed by atoms with Gasteiger partial charge in [-0.2, -0.15) is 5.10 Å². The van der Waals surface area contributed by atoms with Crippen LogP contribution in [0.1, 0.15) is 5.56 Å². The predicted molar refractivity (Wildman–Crippen MR) is 88.9 cm³/mol. The molecule has 0 saturated heterocycles. The molecule has 2 aromatic carbocycles. The van der Waals surface area contributed by atoms with E-state index in [1.54, 1.807) is 30.3 Å². The van der Waals surface area contributed by atoms with Gasteiger partial charge < -0.3 is 5.32 Å². The van der Waals surface area contributed by atoms with Gasteiger partial charge in [0.2, 0.25) is 0 Å². The van der Waals surface area contributed by atoms with Crippen molar-refractivity contribution in [2.45, 2.75) is 0 Å². The molecule has 9 heteroatoms. The molecule has 8 nitrogen and oxygen atoms in total. The summed E-state index contributed by atoms with van der Waals surface area (Å²) in [6, 6.07) is 12.1. The first-order valence-corrected chi connectivity index (χ1v) is 6.98. The Hall–Kier alpha value is -3.26. The minimum Gasteiger partial charge on any atom is -0.316 e. The zero-order chi connectivity index (χ0) is 17.5. The molecule has 2 N–H and O–H groups in total. The van der Waals surface area contributed by atoms with Crippen LogP contribution in [-0.4, -0.2) is 23.0 Å². The molecule has 0 unspecified atom stereocenters. The Morgan fingerprint density at radius 3 is 2.58 bits per heavy atom. The van der Waals surface area contributed by atoms with E-state index in [9.17, 15) is 19.7 Å². The van der Waals surface area contributed by atoms with E-state index < -0.39 is 16.7 Å². The molecule has 0 bridgehead atoms. The molecule has 2 amide bonds. The van der Waals surface area contributed by atoms with E-state index >= 15 is 0 Å². The maximum absolute atomic E-state index is 11.7. The zero-order valence-corrected chi connectivity index (χ0v) is 12.9. The Morgan fingerprint density at radius 1 is 1.12 bits per heavy atom. The van der Waals surface area contributed by atoms with Gasteiger partial charge in [0, 0.05) is 17.7 Å². The highest BCUT2D eigenvalue weighted by Gasteiger charge is 2.14. The summed E-state index contributed by atoms with van der Waals surface area (Å²) in [5, 5.41) is 16.9. The highest BCUT2D eigenvalue weighted by molar-refractivity contribution is 6.41. The molecule has 24 heavy (non-hydrogen) atoms. The van der Waals surface area contributed by atoms with E-state index in [-0.39, 0.29) is 5.69 Å². The number of para-hydroxylation sites is 1. The molecular formula is C15H11ClN4O4. The highest BCUT2D eigenvalue weighted by atomic mass is 35.5. The van der Waals surface area contributed by atoms with Gasteiger partial charge in [0.15, 0.2) is 0 Å². The predicted octanol–water partition coefficient (Wildman–Crippen LogP) is 2.34. The number of rotatable bonds is 4. The molecule has 0 aliphatic rings. The first kappa shape index (κ1) is 17.1. The molecule has 0 radical (unpaired) electrons. The van der Waals surface area contributed by atoms with Gasteiger partial charge in [0.05, 0.1) is 21.8 Å². The maximum atomic E-state index is 11.7. The number of carbonyl (C=O) groups is 2. The lowest BCUT2D eigenvalue weighted by molar-refractivity contribution is -0.384. The SMILES string of the molecule is O=C(N/N=C/c1cccc([N+](=O)[O-])c1)C(=O)Nc1ccccc1Cl. The third-order valence-electron chi connectivity index (χ3n) is 2.79. The number of nitro groups is 1. The quantitative estimate of drug-likeness (QED) is 0.382. The number of halogens is 1. The number of hydrogen-bond acceptors (Lipinski definition) is 5. The number of hydrogen-bond donors (Lipinski definition) is 2. The van der Waals surface area contributed by atoms with Crippen LogP contribution in [0.3, 0.4) is 0 Å². The van der Waals surface area contributed by atoms with Gasteiger partial charge in [-0.15, -0.1) is 0 Å². The fourth-order valence-electron chi connectivity index (χ4n) is 1.68. The van der Waals surface area contributed by atoms with Crippen molar-refractivity contribution in [1.29, 1.82) is 0 Å². The number of nitrogens with one attached hydrogen (secondary N) is 2. The fraction of sp³-hybridized carbons (Fsp3) is 0. The molecule has 0 aliphatic carbocycles. The molecule has 2 aromatic rings. The minimum atomic E-state index is -1.00. The maximum Gasteiger partial charge on any atom is 0.329 e. The third kappa shape index (κ3) is 4.62. The second kappa shape index (κ2) is 7.84. The monoisotopic (exact) mass is 346 g/mol. The molecule has 122 valence electrons. The average molecular weight is 347 g/mol. The van der Waals surface area contributed by atoms with Crippen molar-refractivity contribution in [1.82, 2.24) is 5.43 Å². The Morgan fingerprint density at radius 2 is 1.88 bits per heavy atom. The van der Waals surface area contributed by atoms with Gasteiger partial charge in [-0.25, -0.2) is 5.43 Å². The fourth-order valence-corrected chi connectivity index (χ4v) is 1.86. The summed E-state index contributed by atoms with van der Waals surface area (Å²) in [6.07, 6.45) is 1.19. The normalized spacial score (nSPS) is 10.4. The van der Waals surface area contributed by atoms with E-state index in [0.717, 1.165) is 0 Å². The summed E-state index contributed by atoms with van der Waals surface area (Å²) in [4.78, 5) is 33.4. The molecule has 2 rings (SSSR count). The van der Waals surface area contributed by atoms with E-state index in [4.69, 9.17) is 11.6 Å². The summed E-state index contributed by atoms with van der Waals surface area (Å²) in [6.45, 7) is 0. The van der Waals surface area contributed by atoms with Crippen molar-refractivity contribution in [3.05, 3.63) is 69.2 Å². The number of hydrazone groups is 1. The molecule has 0 saturated carbocycles. The number of non-ortho nitro benzene ring substituents is 1. The van der Waals surface area contributed by atoms with Crippen LogP contribution in [0.2, 0.25) is 5.02 Å². The largest absolute Gasteiger partial charge is 0.329 e. The van der Waals surface area contributed by atoms with E-state index in [0.29, 0.717) is 16.3 Å². The number of benzene rings is 2. The molecular weight excluding hydrogens is 336 g/mol. The van der Waals surface area contributed by atoms with Crippen LogP contribution in [0.25, 0.3) is 0 Å². The first-order valence-electron chi connectivity index (χ1n) is 6.61. The Balaban J connectivity index is 1.95. The Kier molecular flexibility index (Phi) is 5.58. The van der Waals surface area contributed by atoms with Crippen LogP contribution in [0, 0.1) is 10.1 Å². The second-order valence-electron chi connectivity index (χ2n) is 4.49. The Labute approximate surface area is 141 Å². The number of nitro benzene ring substituents is 1. The van der Waals surface area contributed by atoms with Crippen molar-refractivity contribution >= 4 is 41.0 Å². The summed E-state index contributed by atoms with van der Waals surface area (Å²) in [7, 11) is 0. The number of amides is 2. The smallest absolute Gasteiger partial charge is 0.316 e. The van der Waals surface area contributed by atoms with Crippen molar-refractivity contribution in [3.8, 4) is 0 Å². The van der Waals surface area contributed by atoms with Crippen LogP contribution in [0.15, 0.2) is 53.6 Å². The summed E-state index contributed by atoms with van der Waals surface area (Å²) in [5.41, 5.74) is 2.61. The van der Waals surface area contributed by atoms with Gasteiger partial charge in [0.25, 0.3) is 5.69 Å². The minimum absolute atomic E-state index is 0.110. The van der Waals surface area contributed by atoms with E-state index in [1.165, 1.54) is 24.4 Å². The lowest BCUT2D eigenvalue weighted by atomic mass is 10.2. The lowest BCUT2D eigenvalue weighted by Gasteiger charge is -2.05. The first-order chi connectivity index (χ1) is 11.5. The van der Waals surface area contributed by atoms with Crippen LogP contribution in [0.5, 0.6) is 0 Å². The van der Waals surface area contributed by atoms with E-state index in [2.05, 4.69) is 10.4 Å². The zero-order valence-electron chi connectivity index (χ0n) is 12.1. The van der Waals surface area contributed by atoms with Crippen molar-refractivity contribution in [2.24, 2.45) is 5.10 Å². The summed E-state index contributed by atoms with van der Waals surface area (Å²) < 4.78 is 0. The van der Waals surface area contributed by atoms with Crippen molar-refractivity contribution in [2.75, 3.05) is 5.32 Å². The standard InChI is InChI=1S/C15H11ClN4O4/c16-12-6-1-2-7-13(12)18-14(21)15(22)19-17-9-10-4-3-5-11(8-10)20(23)24/h1-9H,(H,18,21)(H,19,22)/b17-9+. The molecule has 0 aliphatic heterocycles. The van der Waals surface area contributed by atoms with Crippen LogP contribution in [0.4, 0.5) is 11.4 Å². The molecule has 0 spiro atoms. The second-order valence-corrected chi connectivity index (χ2v) is 4.89. The van der Waals surface area contributed by atoms with Gasteiger partial charge in [0.1, 0.15) is 0 Å². The van der Waals surface area contributed by atoms with Crippen molar-refractivity contribution < 1.29 is 14.5 Å². The van der Waals surface area contributed by atoms with Crippen LogP contribution >= 0.6 is 11.6 Å². The molecule has 0 aromatic heterocycles. The number of nitrogens with zero attached hydrogens (tertiary/aromatic N) is 2. The van der Waals surface area contributed by atoms with Gasteiger partial charge in [-0.05, 0) is 12.1 Å². The van der Waals surface area contributed by atoms with Gasteiger partial charge in [-0.1, -0.05) is 35.9 Å². The molecule has 0 atom stereocenters. The third-order valence-corrected chi connectivity index (χ3v) is 3.12. The van der Waals surface area contributed by atoms with E-state index in [1.807, 2.05) is 5.43 Å². The number of carbonyl (C=O) groups excluding carboxylic acids is 2. The summed E-state index contributed by atoms with van der Waals surface area (Å²) >= 11 is 5.87. The van der Waals surface area contributed by atoms with Crippen LogP contribution in [-0.2, 0) is 9.59 Å². The molecule has 0 heterocycles. The summed E-state index contributed by atoms with van der Waals surface area (Å²) in [5.74, 6) is -1.95. The number of anilines is 1. The van der Waals surface area contributed by atoms with Crippen LogP contribution < -0.4 is 10.7 Å². The van der Waals surface area contributed by atoms with Gasteiger partial charge >= 0.3 is 11.8 Å². The highest BCUT2D eigenvalue weighted by Crippen LogP contribution is 2.20. The topological polar surface area (TPSA) is 114 Å². The Bertz CT molecular complexity index is 823.